The molecule has 0 aliphatic rings. The van der Waals surface area contributed by atoms with Crippen LogP contribution in [0.5, 0.6) is 5.75 Å². The largest absolute Gasteiger partial charge is 0.496 e. The van der Waals surface area contributed by atoms with Crippen molar-refractivity contribution in [1.82, 2.24) is 24.7 Å². The highest BCUT2D eigenvalue weighted by Crippen LogP contribution is 2.28. The fourth-order valence-electron chi connectivity index (χ4n) is 3.88. The van der Waals surface area contributed by atoms with E-state index in [0.29, 0.717) is 34.6 Å². The van der Waals surface area contributed by atoms with Crippen molar-refractivity contribution in [3.05, 3.63) is 95.3 Å². The van der Waals surface area contributed by atoms with Crippen molar-refractivity contribution in [2.45, 2.75) is 20.0 Å². The SMILES string of the molecule is COc1ccccc1CNc1nc(-c2nn(Cc3ccccc3F)c3ncccc23)nc(C)c1F. The maximum absolute atomic E-state index is 14.9. The van der Waals surface area contributed by atoms with Crippen LogP contribution in [0.3, 0.4) is 0 Å². The van der Waals surface area contributed by atoms with Gasteiger partial charge < -0.3 is 10.1 Å². The van der Waals surface area contributed by atoms with Crippen molar-refractivity contribution >= 4 is 16.9 Å². The number of fused-ring (bicyclic) bond motifs is 1. The smallest absolute Gasteiger partial charge is 0.186 e. The lowest BCUT2D eigenvalue weighted by molar-refractivity contribution is 0.410. The summed E-state index contributed by atoms with van der Waals surface area (Å²) in [5.74, 6) is 0.119. The molecule has 176 valence electrons. The maximum atomic E-state index is 14.9. The summed E-state index contributed by atoms with van der Waals surface area (Å²) in [6.07, 6.45) is 1.64. The number of pyridine rings is 1. The number of benzene rings is 2. The topological polar surface area (TPSA) is 77.8 Å². The Hall–Kier alpha value is -4.40. The van der Waals surface area contributed by atoms with Crippen molar-refractivity contribution < 1.29 is 13.5 Å². The van der Waals surface area contributed by atoms with Crippen molar-refractivity contribution in [3.63, 3.8) is 0 Å². The fourth-order valence-corrected chi connectivity index (χ4v) is 3.88. The number of aromatic nitrogens is 5. The molecule has 3 heterocycles. The highest BCUT2D eigenvalue weighted by atomic mass is 19.1. The first-order valence-electron chi connectivity index (χ1n) is 11.0. The zero-order valence-electron chi connectivity index (χ0n) is 19.2. The van der Waals surface area contributed by atoms with E-state index in [1.54, 1.807) is 49.2 Å². The summed E-state index contributed by atoms with van der Waals surface area (Å²) < 4.78 is 36.2. The molecular formula is C26H22F2N6O. The Bertz CT molecular complexity index is 1520. The summed E-state index contributed by atoms with van der Waals surface area (Å²) in [5.41, 5.74) is 2.51. The summed E-state index contributed by atoms with van der Waals surface area (Å²) in [4.78, 5) is 13.2. The molecule has 0 radical (unpaired) electrons. The second-order valence-corrected chi connectivity index (χ2v) is 7.93. The van der Waals surface area contributed by atoms with E-state index in [1.165, 1.54) is 6.07 Å². The molecular weight excluding hydrogens is 450 g/mol. The van der Waals surface area contributed by atoms with Gasteiger partial charge in [0, 0.05) is 23.9 Å². The molecule has 0 aliphatic heterocycles. The molecule has 0 amide bonds. The summed E-state index contributed by atoms with van der Waals surface area (Å²) in [6.45, 7) is 2.06. The molecule has 0 spiro atoms. The van der Waals surface area contributed by atoms with Gasteiger partial charge in [-0.2, -0.15) is 5.10 Å². The van der Waals surface area contributed by atoms with Gasteiger partial charge in [-0.3, -0.25) is 0 Å². The zero-order valence-corrected chi connectivity index (χ0v) is 19.2. The molecule has 0 unspecified atom stereocenters. The Kier molecular flexibility index (Phi) is 6.05. The third kappa shape index (κ3) is 4.40. The van der Waals surface area contributed by atoms with Crippen molar-refractivity contribution in [1.29, 1.82) is 0 Å². The number of nitrogens with zero attached hydrogens (tertiary/aromatic N) is 5. The van der Waals surface area contributed by atoms with E-state index < -0.39 is 5.82 Å². The quantitative estimate of drug-likeness (QED) is 0.353. The van der Waals surface area contributed by atoms with E-state index in [0.717, 1.165) is 5.56 Å². The van der Waals surface area contributed by atoms with Crippen LogP contribution in [-0.4, -0.2) is 31.8 Å². The van der Waals surface area contributed by atoms with Crippen LogP contribution in [0.4, 0.5) is 14.6 Å². The Morgan fingerprint density at radius 3 is 2.51 bits per heavy atom. The summed E-state index contributed by atoms with van der Waals surface area (Å²) in [6, 6.07) is 17.6. The van der Waals surface area contributed by atoms with E-state index in [2.05, 4.69) is 25.4 Å². The Morgan fingerprint density at radius 1 is 0.943 bits per heavy atom. The van der Waals surface area contributed by atoms with Gasteiger partial charge >= 0.3 is 0 Å². The zero-order chi connectivity index (χ0) is 24.4. The monoisotopic (exact) mass is 472 g/mol. The number of methoxy groups -OCH3 is 1. The summed E-state index contributed by atoms with van der Waals surface area (Å²) >= 11 is 0. The normalized spacial score (nSPS) is 11.1. The van der Waals surface area contributed by atoms with Crippen molar-refractivity contribution in [2.75, 3.05) is 12.4 Å². The van der Waals surface area contributed by atoms with E-state index >= 15 is 0 Å². The molecule has 0 fully saturated rings. The number of hydrogen-bond acceptors (Lipinski definition) is 6. The molecule has 5 aromatic rings. The van der Waals surface area contributed by atoms with Gasteiger partial charge in [0.1, 0.15) is 17.3 Å². The Labute approximate surface area is 200 Å². The van der Waals surface area contributed by atoms with Gasteiger partial charge in [0.2, 0.25) is 0 Å². The van der Waals surface area contributed by atoms with Gasteiger partial charge in [0.25, 0.3) is 0 Å². The number of anilines is 1. The lowest BCUT2D eigenvalue weighted by atomic mass is 10.2. The van der Waals surface area contributed by atoms with Gasteiger partial charge in [-0.05, 0) is 31.2 Å². The minimum atomic E-state index is -0.545. The first kappa shape index (κ1) is 22.4. The molecule has 0 atom stereocenters. The molecule has 0 saturated heterocycles. The van der Waals surface area contributed by atoms with Gasteiger partial charge in [0.15, 0.2) is 23.1 Å². The lowest BCUT2D eigenvalue weighted by Gasteiger charge is -2.12. The number of para-hydroxylation sites is 1. The number of aryl methyl sites for hydroxylation is 1. The average molecular weight is 472 g/mol. The fraction of sp³-hybridized carbons (Fsp3) is 0.154. The lowest BCUT2D eigenvalue weighted by Crippen LogP contribution is -2.09. The number of nitrogens with one attached hydrogen (secondary N) is 1. The van der Waals surface area contributed by atoms with Crippen LogP contribution in [0, 0.1) is 18.6 Å². The number of ether oxygens (including phenoxy) is 1. The second-order valence-electron chi connectivity index (χ2n) is 7.93. The van der Waals surface area contributed by atoms with Crippen LogP contribution in [0.25, 0.3) is 22.6 Å². The van der Waals surface area contributed by atoms with Crippen molar-refractivity contribution in [2.24, 2.45) is 0 Å². The molecule has 7 nitrogen and oxygen atoms in total. The van der Waals surface area contributed by atoms with Crippen LogP contribution in [0.15, 0.2) is 66.9 Å². The third-order valence-electron chi connectivity index (χ3n) is 5.65. The first-order valence-corrected chi connectivity index (χ1v) is 11.0. The standard InChI is InChI=1S/C26H22F2N6O/c1-16-22(28)24(30-14-17-8-4-6-12-21(17)35-2)32-25(31-16)23-19-10-7-13-29-26(19)34(33-23)15-18-9-3-5-11-20(18)27/h3-13H,14-15H2,1-2H3,(H,30,31,32). The number of halogens is 2. The van der Waals surface area contributed by atoms with Crippen LogP contribution in [0.1, 0.15) is 16.8 Å². The third-order valence-corrected chi connectivity index (χ3v) is 5.65. The van der Waals surface area contributed by atoms with Crippen LogP contribution in [-0.2, 0) is 13.1 Å². The molecule has 35 heavy (non-hydrogen) atoms. The van der Waals surface area contributed by atoms with E-state index in [9.17, 15) is 8.78 Å². The Morgan fingerprint density at radius 2 is 1.71 bits per heavy atom. The Balaban J connectivity index is 1.53. The molecule has 0 bridgehead atoms. The van der Waals surface area contributed by atoms with E-state index in [-0.39, 0.29) is 29.7 Å². The molecule has 5 rings (SSSR count). The number of hydrogen-bond donors (Lipinski definition) is 1. The van der Waals surface area contributed by atoms with Crippen LogP contribution in [0.2, 0.25) is 0 Å². The predicted molar refractivity (Wildman–Crippen MR) is 129 cm³/mol. The highest BCUT2D eigenvalue weighted by molar-refractivity contribution is 5.89. The molecule has 0 saturated carbocycles. The summed E-state index contributed by atoms with van der Waals surface area (Å²) in [7, 11) is 1.59. The maximum Gasteiger partial charge on any atom is 0.186 e. The van der Waals surface area contributed by atoms with E-state index in [1.807, 2.05) is 30.3 Å². The molecule has 2 aromatic carbocycles. The van der Waals surface area contributed by atoms with Gasteiger partial charge in [-0.25, -0.2) is 28.4 Å². The first-order chi connectivity index (χ1) is 17.0. The van der Waals surface area contributed by atoms with Gasteiger partial charge in [0.05, 0.1) is 24.7 Å². The van der Waals surface area contributed by atoms with Crippen LogP contribution >= 0.6 is 0 Å². The van der Waals surface area contributed by atoms with Gasteiger partial charge in [-0.1, -0.05) is 36.4 Å². The molecule has 9 heteroatoms. The minimum Gasteiger partial charge on any atom is -0.496 e. The second kappa shape index (κ2) is 9.46. The van der Waals surface area contributed by atoms with Gasteiger partial charge in [-0.15, -0.1) is 0 Å². The van der Waals surface area contributed by atoms with E-state index in [4.69, 9.17) is 4.74 Å². The van der Waals surface area contributed by atoms with Crippen molar-refractivity contribution in [3.8, 4) is 17.3 Å². The summed E-state index contributed by atoms with van der Waals surface area (Å²) in [5, 5.41) is 8.38. The molecule has 0 aliphatic carbocycles. The minimum absolute atomic E-state index is 0.0547. The molecule has 3 aromatic heterocycles. The van der Waals surface area contributed by atoms with Crippen LogP contribution < -0.4 is 10.1 Å². The number of rotatable bonds is 7. The average Bonchev–Trinajstić information content (AvgIpc) is 3.25. The predicted octanol–water partition coefficient (Wildman–Crippen LogP) is 5.14. The molecule has 1 N–H and O–H groups in total. The highest BCUT2D eigenvalue weighted by Gasteiger charge is 2.20.